The van der Waals surface area contributed by atoms with Crippen LogP contribution in [0.4, 0.5) is 0 Å². The number of H-pyrrole nitrogens is 2. The monoisotopic (exact) mass is 852 g/mol. The van der Waals surface area contributed by atoms with E-state index in [1.54, 1.807) is 0 Å². The molecule has 2 bridgehead atoms. The van der Waals surface area contributed by atoms with Crippen LogP contribution >= 0.6 is 0 Å². The summed E-state index contributed by atoms with van der Waals surface area (Å²) >= 11 is 0. The quantitative estimate of drug-likeness (QED) is 0.146. The number of imidazole rings is 2. The van der Waals surface area contributed by atoms with Crippen LogP contribution in [0.25, 0.3) is 33.6 Å². The van der Waals surface area contributed by atoms with Crippen molar-refractivity contribution in [2.24, 2.45) is 28.6 Å². The number of aromatic nitrogens is 4. The Bertz CT molecular complexity index is 2400. The Labute approximate surface area is 374 Å². The van der Waals surface area contributed by atoms with Gasteiger partial charge in [-0.3, -0.25) is 9.59 Å². The smallest absolute Gasteiger partial charge is 0.240 e. The summed E-state index contributed by atoms with van der Waals surface area (Å²) in [7, 11) is 1.90. The van der Waals surface area contributed by atoms with Gasteiger partial charge in [-0.15, -0.1) is 0 Å². The molecule has 334 valence electrons. The Morgan fingerprint density at radius 3 is 1.94 bits per heavy atom. The van der Waals surface area contributed by atoms with E-state index in [9.17, 15) is 9.59 Å². The van der Waals surface area contributed by atoms with Crippen LogP contribution in [0.5, 0.6) is 0 Å². The molecule has 10 nitrogen and oxygen atoms in total. The minimum Gasteiger partial charge on any atom is -0.381 e. The lowest BCUT2D eigenvalue weighted by molar-refractivity contribution is -0.137. The number of likely N-dealkylation sites (tertiary alicyclic amines) is 2. The zero-order valence-corrected chi connectivity index (χ0v) is 38.5. The third-order valence-electron chi connectivity index (χ3n) is 17.2. The number of aromatic amines is 2. The van der Waals surface area contributed by atoms with Crippen LogP contribution in [0, 0.1) is 28.6 Å². The summed E-state index contributed by atoms with van der Waals surface area (Å²) < 4.78 is 5.99. The standard InChI is InChI=1S/C53H69N7O3/c1-31(2)23-46(61)60-34-11-10-33(24-34)48(60)50-56-30-44(58-50)38-15-13-36(40-26-53(28-42(38)40)18-21-63-22-19-53)35-12-14-37(41-27-52(25-39(35)41)16-6-7-17-52)43-29-55-49(57-43)45-9-8-20-59(45)51(62)47(54-5)32(3)4/h12-15,29-34,45,47-48,54H,6-11,16-28H2,1-5H3,(H,55,57)(H,56,58)/t33?,34?,45?,47?,48-/m0/s1. The van der Waals surface area contributed by atoms with E-state index < -0.39 is 0 Å². The first kappa shape index (κ1) is 41.4. The molecule has 2 spiro atoms. The molecule has 3 aliphatic heterocycles. The van der Waals surface area contributed by atoms with Crippen LogP contribution in [0.3, 0.4) is 0 Å². The van der Waals surface area contributed by atoms with E-state index in [4.69, 9.17) is 14.7 Å². The van der Waals surface area contributed by atoms with Crippen molar-refractivity contribution in [2.45, 2.75) is 155 Å². The molecular weight excluding hydrogens is 783 g/mol. The zero-order valence-electron chi connectivity index (χ0n) is 38.5. The van der Waals surface area contributed by atoms with Crippen molar-refractivity contribution in [1.29, 1.82) is 0 Å². The van der Waals surface area contributed by atoms with Crippen molar-refractivity contribution < 1.29 is 14.3 Å². The molecule has 10 heteroatoms. The van der Waals surface area contributed by atoms with Gasteiger partial charge in [-0.05, 0) is 152 Å². The highest BCUT2D eigenvalue weighted by molar-refractivity contribution is 5.84. The van der Waals surface area contributed by atoms with Gasteiger partial charge in [0.15, 0.2) is 0 Å². The first-order chi connectivity index (χ1) is 30.5. The Morgan fingerprint density at radius 2 is 1.33 bits per heavy atom. The normalized spacial score (nSPS) is 26.0. The second-order valence-electron chi connectivity index (χ2n) is 21.9. The average Bonchev–Trinajstić information content (AvgIpc) is 4.12. The first-order valence-corrected chi connectivity index (χ1v) is 24.8. The number of likely N-dealkylation sites (N-methyl/N-ethyl adjacent to an activating group) is 1. The lowest BCUT2D eigenvalue weighted by Gasteiger charge is -2.34. The van der Waals surface area contributed by atoms with E-state index in [0.717, 1.165) is 107 Å². The molecule has 2 aromatic carbocycles. The maximum Gasteiger partial charge on any atom is 0.240 e. The highest BCUT2D eigenvalue weighted by Gasteiger charge is 2.50. The summed E-state index contributed by atoms with van der Waals surface area (Å²) in [5, 5.41) is 3.28. The molecule has 7 aliphatic rings. The van der Waals surface area contributed by atoms with Crippen molar-refractivity contribution in [3.8, 4) is 33.6 Å². The van der Waals surface area contributed by atoms with Crippen LogP contribution in [0.1, 0.15) is 151 Å². The number of hydrogen-bond donors (Lipinski definition) is 3. The third kappa shape index (κ3) is 7.02. The van der Waals surface area contributed by atoms with Gasteiger partial charge in [-0.2, -0.15) is 0 Å². The molecule has 2 amide bonds. The Morgan fingerprint density at radius 1 is 0.762 bits per heavy atom. The van der Waals surface area contributed by atoms with Crippen LogP contribution in [-0.4, -0.2) is 80.4 Å². The molecule has 4 unspecified atom stereocenters. The van der Waals surface area contributed by atoms with Crippen molar-refractivity contribution in [3.05, 3.63) is 70.6 Å². The fourth-order valence-corrected chi connectivity index (χ4v) is 14.1. The molecule has 5 heterocycles. The first-order valence-electron chi connectivity index (χ1n) is 24.8. The SMILES string of the molecule is CNC(C(=O)N1CCCC1c1ncc(-c2ccc(-c3ccc(-c4cnc([C@@H]5C6CCC(C6)N5C(=O)CC(C)C)[nH]4)c4c3CC3(CCOCC3)C4)c3c2CC2(CCCC2)C3)[nH]1)C(C)C. The van der Waals surface area contributed by atoms with Gasteiger partial charge in [0.2, 0.25) is 11.8 Å². The maximum absolute atomic E-state index is 13.8. The number of carbonyl (C=O) groups excluding carboxylic acids is 2. The van der Waals surface area contributed by atoms with E-state index in [2.05, 4.69) is 83.2 Å². The number of rotatable bonds is 10. The summed E-state index contributed by atoms with van der Waals surface area (Å²) in [5.74, 6) is 3.38. The molecule has 5 fully saturated rings. The third-order valence-corrected chi connectivity index (χ3v) is 17.2. The molecule has 2 saturated carbocycles. The second kappa shape index (κ2) is 16.0. The molecule has 0 radical (unpaired) electrons. The lowest BCUT2D eigenvalue weighted by atomic mass is 9.77. The number of carbonyl (C=O) groups is 2. The average molecular weight is 852 g/mol. The fourth-order valence-electron chi connectivity index (χ4n) is 14.1. The van der Waals surface area contributed by atoms with Crippen molar-refractivity contribution >= 4 is 11.8 Å². The number of benzene rings is 2. The van der Waals surface area contributed by atoms with E-state index in [1.807, 2.05) is 13.2 Å². The van der Waals surface area contributed by atoms with Crippen LogP contribution < -0.4 is 5.32 Å². The van der Waals surface area contributed by atoms with E-state index in [0.29, 0.717) is 29.7 Å². The minimum absolute atomic E-state index is 0.0292. The van der Waals surface area contributed by atoms with E-state index in [1.165, 1.54) is 76.6 Å². The summed E-state index contributed by atoms with van der Waals surface area (Å²) in [4.78, 5) is 49.5. The minimum atomic E-state index is -0.198. The van der Waals surface area contributed by atoms with Crippen LogP contribution in [-0.2, 0) is 40.0 Å². The molecule has 11 rings (SSSR count). The van der Waals surface area contributed by atoms with Gasteiger partial charge in [0.1, 0.15) is 11.6 Å². The summed E-state index contributed by atoms with van der Waals surface area (Å²) in [6.45, 7) is 11.0. The molecule has 5 atom stereocenters. The van der Waals surface area contributed by atoms with E-state index >= 15 is 0 Å². The number of piperidine rings is 1. The number of fused-ring (bicyclic) bond motifs is 4. The van der Waals surface area contributed by atoms with Crippen molar-refractivity contribution in [2.75, 3.05) is 26.8 Å². The van der Waals surface area contributed by atoms with Crippen molar-refractivity contribution in [1.82, 2.24) is 35.1 Å². The molecular formula is C53H69N7O3. The molecule has 3 N–H and O–H groups in total. The number of amides is 2. The predicted molar refractivity (Wildman–Crippen MR) is 247 cm³/mol. The number of nitrogens with one attached hydrogen (secondary N) is 3. The van der Waals surface area contributed by atoms with Gasteiger partial charge in [-0.1, -0.05) is 64.8 Å². The highest BCUT2D eigenvalue weighted by atomic mass is 16.5. The van der Waals surface area contributed by atoms with Gasteiger partial charge in [0.25, 0.3) is 0 Å². The Hall–Kier alpha value is -4.28. The summed E-state index contributed by atoms with van der Waals surface area (Å²) in [6, 6.07) is 9.81. The lowest BCUT2D eigenvalue weighted by Crippen LogP contribution is -2.47. The van der Waals surface area contributed by atoms with Gasteiger partial charge < -0.3 is 29.8 Å². The largest absolute Gasteiger partial charge is 0.381 e. The Balaban J connectivity index is 0.962. The molecule has 3 saturated heterocycles. The molecule has 4 aromatic rings. The topological polar surface area (TPSA) is 119 Å². The fraction of sp³-hybridized carbons (Fsp3) is 0.623. The van der Waals surface area contributed by atoms with Gasteiger partial charge in [-0.25, -0.2) is 9.97 Å². The molecule has 63 heavy (non-hydrogen) atoms. The van der Waals surface area contributed by atoms with Gasteiger partial charge in [0.05, 0.1) is 41.9 Å². The Kier molecular flexibility index (Phi) is 10.5. The second-order valence-corrected chi connectivity index (χ2v) is 21.9. The summed E-state index contributed by atoms with van der Waals surface area (Å²) in [6.07, 6.45) is 21.8. The van der Waals surface area contributed by atoms with Crippen LogP contribution in [0.2, 0.25) is 0 Å². The number of ether oxygens (including phenoxy) is 1. The highest BCUT2D eigenvalue weighted by Crippen LogP contribution is 2.56. The van der Waals surface area contributed by atoms with Gasteiger partial charge in [0, 0.05) is 43.3 Å². The molecule has 2 aromatic heterocycles. The van der Waals surface area contributed by atoms with Crippen molar-refractivity contribution in [3.63, 3.8) is 0 Å². The number of nitrogens with zero attached hydrogens (tertiary/aromatic N) is 4. The molecule has 4 aliphatic carbocycles. The maximum atomic E-state index is 13.8. The summed E-state index contributed by atoms with van der Waals surface area (Å²) in [5.41, 5.74) is 14.1. The number of hydrogen-bond acceptors (Lipinski definition) is 6. The van der Waals surface area contributed by atoms with E-state index in [-0.39, 0.29) is 41.3 Å². The van der Waals surface area contributed by atoms with Gasteiger partial charge >= 0.3 is 0 Å². The van der Waals surface area contributed by atoms with Crippen LogP contribution in [0.15, 0.2) is 36.7 Å². The zero-order chi connectivity index (χ0) is 43.2. The predicted octanol–water partition coefficient (Wildman–Crippen LogP) is 9.69.